The second-order valence-electron chi connectivity index (χ2n) is 5.42. The minimum Gasteiger partial charge on any atom is -0.379 e. The number of rotatable bonds is 7. The van der Waals surface area contributed by atoms with Crippen LogP contribution in [0.25, 0.3) is 0 Å². The zero-order valence-corrected chi connectivity index (χ0v) is 11.1. The van der Waals surface area contributed by atoms with Crippen LogP contribution in [-0.2, 0) is 9.47 Å². The highest BCUT2D eigenvalue weighted by atomic mass is 16.5. The van der Waals surface area contributed by atoms with Gasteiger partial charge in [-0.1, -0.05) is 26.2 Å². The van der Waals surface area contributed by atoms with Gasteiger partial charge in [0.15, 0.2) is 0 Å². The fourth-order valence-electron chi connectivity index (χ4n) is 2.61. The van der Waals surface area contributed by atoms with Crippen molar-refractivity contribution in [1.82, 2.24) is 5.32 Å². The lowest BCUT2D eigenvalue weighted by Gasteiger charge is -2.33. The van der Waals surface area contributed by atoms with E-state index in [0.717, 1.165) is 38.7 Å². The Balaban J connectivity index is 1.63. The Hall–Kier alpha value is -0.120. The molecule has 0 aromatic carbocycles. The maximum atomic E-state index is 6.01. The third-order valence-corrected chi connectivity index (χ3v) is 4.04. The SMILES string of the molecule is CCCNC1CCOCC1OCCC1CCC1. The molecule has 2 atom stereocenters. The van der Waals surface area contributed by atoms with Gasteiger partial charge in [0.25, 0.3) is 0 Å². The van der Waals surface area contributed by atoms with Crippen LogP contribution in [-0.4, -0.2) is 38.5 Å². The van der Waals surface area contributed by atoms with Crippen LogP contribution in [0, 0.1) is 5.92 Å². The quantitative estimate of drug-likeness (QED) is 0.742. The predicted molar refractivity (Wildman–Crippen MR) is 69.2 cm³/mol. The molecule has 2 fully saturated rings. The molecule has 1 heterocycles. The molecule has 17 heavy (non-hydrogen) atoms. The maximum Gasteiger partial charge on any atom is 0.0961 e. The van der Waals surface area contributed by atoms with Crippen LogP contribution in [0.2, 0.25) is 0 Å². The first-order valence-electron chi connectivity index (χ1n) is 7.33. The molecule has 0 amide bonds. The molecule has 3 heteroatoms. The summed E-state index contributed by atoms with van der Waals surface area (Å²) in [7, 11) is 0. The van der Waals surface area contributed by atoms with Crippen LogP contribution in [0.5, 0.6) is 0 Å². The Morgan fingerprint density at radius 1 is 1.29 bits per heavy atom. The van der Waals surface area contributed by atoms with Crippen LogP contribution in [0.1, 0.15) is 45.4 Å². The number of hydrogen-bond donors (Lipinski definition) is 1. The van der Waals surface area contributed by atoms with E-state index >= 15 is 0 Å². The highest BCUT2D eigenvalue weighted by Crippen LogP contribution is 2.29. The molecule has 2 aliphatic rings. The average Bonchev–Trinajstić information content (AvgIpc) is 2.31. The molecule has 2 unspecified atom stereocenters. The lowest BCUT2D eigenvalue weighted by atomic mass is 9.83. The Morgan fingerprint density at radius 3 is 2.88 bits per heavy atom. The molecule has 1 saturated heterocycles. The summed E-state index contributed by atoms with van der Waals surface area (Å²) in [5, 5.41) is 3.58. The number of nitrogens with one attached hydrogen (secondary N) is 1. The molecule has 1 aliphatic carbocycles. The first kappa shape index (κ1) is 13.3. The van der Waals surface area contributed by atoms with Crippen molar-refractivity contribution in [2.75, 3.05) is 26.4 Å². The van der Waals surface area contributed by atoms with E-state index in [0.29, 0.717) is 6.04 Å². The normalized spacial score (nSPS) is 30.2. The van der Waals surface area contributed by atoms with Crippen molar-refractivity contribution >= 4 is 0 Å². The van der Waals surface area contributed by atoms with Crippen molar-refractivity contribution in [1.29, 1.82) is 0 Å². The second kappa shape index (κ2) is 7.34. The molecule has 0 aromatic rings. The molecule has 0 bridgehead atoms. The fourth-order valence-corrected chi connectivity index (χ4v) is 2.61. The molecular weight excluding hydrogens is 214 g/mol. The maximum absolute atomic E-state index is 6.01. The van der Waals surface area contributed by atoms with E-state index in [1.54, 1.807) is 0 Å². The summed E-state index contributed by atoms with van der Waals surface area (Å²) in [4.78, 5) is 0. The monoisotopic (exact) mass is 241 g/mol. The van der Waals surface area contributed by atoms with Gasteiger partial charge in [0.05, 0.1) is 12.7 Å². The van der Waals surface area contributed by atoms with E-state index in [1.165, 1.54) is 32.1 Å². The van der Waals surface area contributed by atoms with Gasteiger partial charge in [0.2, 0.25) is 0 Å². The predicted octanol–water partition coefficient (Wildman–Crippen LogP) is 2.35. The van der Waals surface area contributed by atoms with Gasteiger partial charge in [0, 0.05) is 19.3 Å². The summed E-state index contributed by atoms with van der Waals surface area (Å²) in [6.45, 7) is 5.87. The van der Waals surface area contributed by atoms with Crippen molar-refractivity contribution in [3.05, 3.63) is 0 Å². The summed E-state index contributed by atoms with van der Waals surface area (Å²) < 4.78 is 11.5. The molecule has 1 aliphatic heterocycles. The highest BCUT2D eigenvalue weighted by molar-refractivity contribution is 4.80. The van der Waals surface area contributed by atoms with Crippen LogP contribution < -0.4 is 5.32 Å². The van der Waals surface area contributed by atoms with Gasteiger partial charge in [-0.2, -0.15) is 0 Å². The molecule has 1 saturated carbocycles. The third kappa shape index (κ3) is 4.23. The van der Waals surface area contributed by atoms with Crippen molar-refractivity contribution in [3.8, 4) is 0 Å². The van der Waals surface area contributed by atoms with Crippen molar-refractivity contribution in [3.63, 3.8) is 0 Å². The fraction of sp³-hybridized carbons (Fsp3) is 1.00. The van der Waals surface area contributed by atoms with E-state index in [9.17, 15) is 0 Å². The second-order valence-corrected chi connectivity index (χ2v) is 5.42. The van der Waals surface area contributed by atoms with Crippen molar-refractivity contribution in [2.45, 2.75) is 57.6 Å². The van der Waals surface area contributed by atoms with E-state index in [-0.39, 0.29) is 6.10 Å². The zero-order chi connectivity index (χ0) is 11.9. The number of ether oxygens (including phenoxy) is 2. The highest BCUT2D eigenvalue weighted by Gasteiger charge is 2.26. The van der Waals surface area contributed by atoms with Gasteiger partial charge < -0.3 is 14.8 Å². The molecular formula is C14H27NO2. The Bertz CT molecular complexity index is 206. The van der Waals surface area contributed by atoms with Crippen LogP contribution in [0.15, 0.2) is 0 Å². The zero-order valence-electron chi connectivity index (χ0n) is 11.1. The molecule has 0 spiro atoms. The summed E-state index contributed by atoms with van der Waals surface area (Å²) in [6.07, 6.45) is 8.06. The Kier molecular flexibility index (Phi) is 5.75. The Labute approximate surface area is 105 Å². The lowest BCUT2D eigenvalue weighted by Crippen LogP contribution is -2.48. The minimum atomic E-state index is 0.273. The van der Waals surface area contributed by atoms with Gasteiger partial charge in [0.1, 0.15) is 0 Å². The molecule has 1 N–H and O–H groups in total. The largest absolute Gasteiger partial charge is 0.379 e. The molecule has 100 valence electrons. The van der Waals surface area contributed by atoms with E-state index in [2.05, 4.69) is 12.2 Å². The minimum absolute atomic E-state index is 0.273. The summed E-state index contributed by atoms with van der Waals surface area (Å²) in [6, 6.07) is 0.505. The molecule has 3 nitrogen and oxygen atoms in total. The third-order valence-electron chi connectivity index (χ3n) is 4.04. The first-order chi connectivity index (χ1) is 8.40. The first-order valence-corrected chi connectivity index (χ1v) is 7.33. The van der Waals surface area contributed by atoms with E-state index < -0.39 is 0 Å². The summed E-state index contributed by atoms with van der Waals surface area (Å²) >= 11 is 0. The van der Waals surface area contributed by atoms with E-state index in [4.69, 9.17) is 9.47 Å². The summed E-state index contributed by atoms with van der Waals surface area (Å²) in [5.41, 5.74) is 0. The van der Waals surface area contributed by atoms with Crippen LogP contribution in [0.3, 0.4) is 0 Å². The molecule has 2 rings (SSSR count). The summed E-state index contributed by atoms with van der Waals surface area (Å²) in [5.74, 6) is 0.946. The Morgan fingerprint density at radius 2 is 2.18 bits per heavy atom. The van der Waals surface area contributed by atoms with Gasteiger partial charge in [-0.25, -0.2) is 0 Å². The van der Waals surface area contributed by atoms with Gasteiger partial charge in [-0.05, 0) is 31.7 Å². The smallest absolute Gasteiger partial charge is 0.0961 e. The standard InChI is InChI=1S/C14H27NO2/c1-2-8-15-13-7-9-16-11-14(13)17-10-6-12-4-3-5-12/h12-15H,2-11H2,1H3. The average molecular weight is 241 g/mol. The topological polar surface area (TPSA) is 30.5 Å². The lowest BCUT2D eigenvalue weighted by molar-refractivity contribution is -0.0728. The molecule has 0 radical (unpaired) electrons. The van der Waals surface area contributed by atoms with Gasteiger partial charge in [-0.15, -0.1) is 0 Å². The van der Waals surface area contributed by atoms with Crippen molar-refractivity contribution < 1.29 is 9.47 Å². The van der Waals surface area contributed by atoms with Crippen LogP contribution >= 0.6 is 0 Å². The molecule has 0 aromatic heterocycles. The number of hydrogen-bond acceptors (Lipinski definition) is 3. The van der Waals surface area contributed by atoms with Crippen molar-refractivity contribution in [2.24, 2.45) is 5.92 Å². The van der Waals surface area contributed by atoms with Crippen LogP contribution in [0.4, 0.5) is 0 Å². The van der Waals surface area contributed by atoms with E-state index in [1.807, 2.05) is 0 Å². The van der Waals surface area contributed by atoms with Gasteiger partial charge >= 0.3 is 0 Å². The van der Waals surface area contributed by atoms with Gasteiger partial charge in [-0.3, -0.25) is 0 Å².